The number of nitrogens with one attached hydrogen (secondary N) is 1. The van der Waals surface area contributed by atoms with Gasteiger partial charge in [0.25, 0.3) is 5.91 Å². The van der Waals surface area contributed by atoms with Gasteiger partial charge >= 0.3 is 5.97 Å². The van der Waals surface area contributed by atoms with Gasteiger partial charge in [-0.3, -0.25) is 4.79 Å². The smallest absolute Gasteiger partial charge is 0.340 e. The Labute approximate surface area is 108 Å². The third-order valence-electron chi connectivity index (χ3n) is 2.43. The summed E-state index contributed by atoms with van der Waals surface area (Å²) in [5, 5.41) is 5.94. The number of carbonyl (C=O) groups is 2. The lowest BCUT2D eigenvalue weighted by atomic mass is 10.2. The lowest BCUT2D eigenvalue weighted by Gasteiger charge is -2.21. The monoisotopic (exact) mass is 271 g/mol. The van der Waals surface area contributed by atoms with Crippen LogP contribution in [0.5, 0.6) is 0 Å². The molecular weight excluding hydrogens is 258 g/mol. The van der Waals surface area contributed by atoms with Crippen molar-refractivity contribution in [3.63, 3.8) is 0 Å². The molecule has 1 aliphatic rings. The fraction of sp³-hybridized carbons (Fsp3) is 0.455. The van der Waals surface area contributed by atoms with E-state index in [1.165, 1.54) is 18.4 Å². The summed E-state index contributed by atoms with van der Waals surface area (Å²) in [5.41, 5.74) is 0.776. The van der Waals surface area contributed by atoms with Crippen molar-refractivity contribution >= 4 is 28.9 Å². The predicted molar refractivity (Wildman–Crippen MR) is 64.8 cm³/mol. The molecule has 2 heterocycles. The molecule has 1 aromatic heterocycles. The number of esters is 1. The topological polar surface area (TPSA) is 73.9 Å². The summed E-state index contributed by atoms with van der Waals surface area (Å²) < 4.78 is 15.0. The summed E-state index contributed by atoms with van der Waals surface area (Å²) in [6.45, 7) is 1.12. The summed E-state index contributed by atoms with van der Waals surface area (Å²) in [6, 6.07) is 0. The Morgan fingerprint density at radius 1 is 1.44 bits per heavy atom. The molecular formula is C11H13NO5S. The van der Waals surface area contributed by atoms with Gasteiger partial charge in [-0.25, -0.2) is 4.79 Å². The van der Waals surface area contributed by atoms with Crippen LogP contribution < -0.4 is 5.32 Å². The molecule has 0 bridgehead atoms. The molecule has 0 aliphatic carbocycles. The summed E-state index contributed by atoms with van der Waals surface area (Å²) in [6.07, 6.45) is -0.635. The number of carbonyl (C=O) groups excluding carboxylic acids is 2. The van der Waals surface area contributed by atoms with Gasteiger partial charge in [-0.05, 0) is 0 Å². The third kappa shape index (κ3) is 2.87. The highest BCUT2D eigenvalue weighted by atomic mass is 32.1. The molecule has 6 nitrogen and oxygen atoms in total. The van der Waals surface area contributed by atoms with Crippen molar-refractivity contribution in [1.29, 1.82) is 0 Å². The Bertz CT molecular complexity index is 438. The number of methoxy groups -OCH3 is 1. The lowest BCUT2D eigenvalue weighted by Crippen LogP contribution is -2.39. The van der Waals surface area contributed by atoms with Crippen molar-refractivity contribution in [2.24, 2.45) is 0 Å². The average Bonchev–Trinajstić information content (AvgIpc) is 2.87. The Morgan fingerprint density at radius 2 is 2.28 bits per heavy atom. The zero-order valence-electron chi connectivity index (χ0n) is 9.80. The third-order valence-corrected chi connectivity index (χ3v) is 3.18. The van der Waals surface area contributed by atoms with Crippen molar-refractivity contribution in [3.05, 3.63) is 16.3 Å². The normalized spacial score (nSPS) is 19.3. The van der Waals surface area contributed by atoms with E-state index in [1.807, 2.05) is 0 Å². The highest BCUT2D eigenvalue weighted by molar-refractivity contribution is 7.08. The first-order chi connectivity index (χ1) is 8.72. The van der Waals surface area contributed by atoms with Crippen LogP contribution in [0.15, 0.2) is 10.8 Å². The molecule has 7 heteroatoms. The summed E-state index contributed by atoms with van der Waals surface area (Å²) in [5.74, 6) is -0.800. The molecule has 1 aromatic rings. The highest BCUT2D eigenvalue weighted by Crippen LogP contribution is 2.22. The Balaban J connectivity index is 2.02. The van der Waals surface area contributed by atoms with Crippen LogP contribution >= 0.6 is 11.3 Å². The van der Waals surface area contributed by atoms with E-state index in [1.54, 1.807) is 10.8 Å². The molecule has 2 rings (SSSR count). The van der Waals surface area contributed by atoms with Crippen molar-refractivity contribution in [3.8, 4) is 0 Å². The maximum atomic E-state index is 11.9. The molecule has 1 fully saturated rings. The van der Waals surface area contributed by atoms with E-state index in [4.69, 9.17) is 9.47 Å². The fourth-order valence-corrected chi connectivity index (χ4v) is 2.26. The van der Waals surface area contributed by atoms with Crippen LogP contribution in [-0.4, -0.2) is 44.9 Å². The molecule has 0 aromatic carbocycles. The number of hydrogen-bond acceptors (Lipinski definition) is 6. The molecule has 1 unspecified atom stereocenters. The lowest BCUT2D eigenvalue weighted by molar-refractivity contribution is -0.142. The van der Waals surface area contributed by atoms with Crippen LogP contribution in [0.3, 0.4) is 0 Å². The van der Waals surface area contributed by atoms with Crippen molar-refractivity contribution in [2.75, 3.05) is 32.2 Å². The number of thiophene rings is 1. The van der Waals surface area contributed by atoms with Crippen molar-refractivity contribution in [2.45, 2.75) is 6.10 Å². The van der Waals surface area contributed by atoms with Gasteiger partial charge < -0.3 is 19.5 Å². The molecule has 0 spiro atoms. The number of anilines is 1. The van der Waals surface area contributed by atoms with Gasteiger partial charge in [0, 0.05) is 10.8 Å². The molecule has 18 heavy (non-hydrogen) atoms. The molecule has 98 valence electrons. The zero-order chi connectivity index (χ0) is 13.0. The van der Waals surface area contributed by atoms with E-state index in [0.29, 0.717) is 24.5 Å². The molecule has 1 atom stereocenters. The van der Waals surface area contributed by atoms with Gasteiger partial charge in [-0.2, -0.15) is 0 Å². The standard InChI is InChI=1S/C11H13NO5S/c1-15-11(14)7-5-18-6-8(7)12-10(13)9-4-16-2-3-17-9/h5-6,9H,2-4H2,1H3,(H,12,13). The second-order valence-electron chi connectivity index (χ2n) is 3.61. The van der Waals surface area contributed by atoms with Crippen LogP contribution in [-0.2, 0) is 19.0 Å². The van der Waals surface area contributed by atoms with Gasteiger partial charge in [-0.15, -0.1) is 11.3 Å². The summed E-state index contributed by atoms with van der Waals surface area (Å²) in [4.78, 5) is 23.3. The summed E-state index contributed by atoms with van der Waals surface area (Å²) in [7, 11) is 1.30. The first kappa shape index (κ1) is 13.0. The van der Waals surface area contributed by atoms with Gasteiger partial charge in [-0.1, -0.05) is 0 Å². The largest absolute Gasteiger partial charge is 0.465 e. The van der Waals surface area contributed by atoms with E-state index >= 15 is 0 Å². The van der Waals surface area contributed by atoms with Crippen LogP contribution in [0.1, 0.15) is 10.4 Å². The second-order valence-corrected chi connectivity index (χ2v) is 4.36. The SMILES string of the molecule is COC(=O)c1cscc1NC(=O)C1COCCO1. The van der Waals surface area contributed by atoms with Gasteiger partial charge in [0.15, 0.2) is 6.10 Å². The van der Waals surface area contributed by atoms with E-state index in [2.05, 4.69) is 10.1 Å². The quantitative estimate of drug-likeness (QED) is 0.826. The van der Waals surface area contributed by atoms with E-state index in [-0.39, 0.29) is 12.5 Å². The first-order valence-corrected chi connectivity index (χ1v) is 6.31. The minimum atomic E-state index is -0.635. The average molecular weight is 271 g/mol. The van der Waals surface area contributed by atoms with Crippen molar-refractivity contribution in [1.82, 2.24) is 0 Å². The minimum Gasteiger partial charge on any atom is -0.465 e. The first-order valence-electron chi connectivity index (χ1n) is 5.37. The molecule has 1 saturated heterocycles. The molecule has 0 saturated carbocycles. The fourth-order valence-electron chi connectivity index (χ4n) is 1.51. The zero-order valence-corrected chi connectivity index (χ0v) is 10.6. The molecule has 1 N–H and O–H groups in total. The van der Waals surface area contributed by atoms with E-state index < -0.39 is 12.1 Å². The van der Waals surface area contributed by atoms with Crippen LogP contribution in [0.2, 0.25) is 0 Å². The van der Waals surface area contributed by atoms with E-state index in [0.717, 1.165) is 0 Å². The number of rotatable bonds is 3. The number of ether oxygens (including phenoxy) is 3. The van der Waals surface area contributed by atoms with Crippen LogP contribution in [0, 0.1) is 0 Å². The molecule has 1 aliphatic heterocycles. The maximum absolute atomic E-state index is 11.9. The van der Waals surface area contributed by atoms with Crippen LogP contribution in [0.25, 0.3) is 0 Å². The second kappa shape index (κ2) is 5.94. The predicted octanol–water partition coefficient (Wildman–Crippen LogP) is 0.889. The Morgan fingerprint density at radius 3 is 2.94 bits per heavy atom. The maximum Gasteiger partial charge on any atom is 0.340 e. The van der Waals surface area contributed by atoms with Gasteiger partial charge in [0.1, 0.15) is 0 Å². The molecule has 1 amide bonds. The van der Waals surface area contributed by atoms with Crippen molar-refractivity contribution < 1.29 is 23.8 Å². The number of amides is 1. The minimum absolute atomic E-state index is 0.226. The Hall–Kier alpha value is -1.44. The number of hydrogen-bond donors (Lipinski definition) is 1. The molecule has 0 radical (unpaired) electrons. The summed E-state index contributed by atoms with van der Waals surface area (Å²) >= 11 is 1.31. The Kier molecular flexibility index (Phi) is 4.29. The van der Waals surface area contributed by atoms with Gasteiger partial charge in [0.2, 0.25) is 0 Å². The van der Waals surface area contributed by atoms with Crippen LogP contribution in [0.4, 0.5) is 5.69 Å². The van der Waals surface area contributed by atoms with Gasteiger partial charge in [0.05, 0.1) is 38.2 Å². The van der Waals surface area contributed by atoms with E-state index in [9.17, 15) is 9.59 Å². The highest BCUT2D eigenvalue weighted by Gasteiger charge is 2.24.